The first-order chi connectivity index (χ1) is 5.74. The van der Waals surface area contributed by atoms with Gasteiger partial charge in [-0.2, -0.15) is 0 Å². The molecule has 1 rings (SSSR count). The third kappa shape index (κ3) is 2.77. The van der Waals surface area contributed by atoms with Crippen LogP contribution in [0.4, 0.5) is 0 Å². The van der Waals surface area contributed by atoms with Crippen molar-refractivity contribution in [2.24, 2.45) is 5.73 Å². The summed E-state index contributed by atoms with van der Waals surface area (Å²) in [6, 6.07) is 0.136. The lowest BCUT2D eigenvalue weighted by molar-refractivity contribution is 0.127. The zero-order valence-corrected chi connectivity index (χ0v) is 7.72. The SMILES string of the molecule is NC1CCC(SC[C]=O)C(O)C1. The first-order valence-electron chi connectivity index (χ1n) is 4.14. The van der Waals surface area contributed by atoms with Gasteiger partial charge in [0, 0.05) is 11.3 Å². The zero-order chi connectivity index (χ0) is 8.97. The Hall–Kier alpha value is -0.0600. The Morgan fingerprint density at radius 1 is 1.58 bits per heavy atom. The monoisotopic (exact) mass is 188 g/mol. The van der Waals surface area contributed by atoms with E-state index in [0.717, 1.165) is 12.8 Å². The minimum absolute atomic E-state index is 0.136. The van der Waals surface area contributed by atoms with Crippen LogP contribution in [0.2, 0.25) is 0 Å². The van der Waals surface area contributed by atoms with E-state index in [2.05, 4.69) is 0 Å². The molecule has 3 N–H and O–H groups in total. The maximum Gasteiger partial charge on any atom is 0.209 e. The molecule has 0 aromatic carbocycles. The van der Waals surface area contributed by atoms with Crippen LogP contribution in [0.25, 0.3) is 0 Å². The number of rotatable bonds is 3. The average molecular weight is 188 g/mol. The van der Waals surface area contributed by atoms with Crippen LogP contribution in [0.5, 0.6) is 0 Å². The lowest BCUT2D eigenvalue weighted by atomic mass is 9.93. The molecule has 3 atom stereocenters. The van der Waals surface area contributed by atoms with Gasteiger partial charge in [0.15, 0.2) is 0 Å². The number of thioether (sulfide) groups is 1. The van der Waals surface area contributed by atoms with Gasteiger partial charge in [-0.15, -0.1) is 11.8 Å². The van der Waals surface area contributed by atoms with E-state index in [1.165, 1.54) is 11.8 Å². The van der Waals surface area contributed by atoms with E-state index in [4.69, 9.17) is 5.73 Å². The fraction of sp³-hybridized carbons (Fsp3) is 0.875. The van der Waals surface area contributed by atoms with Gasteiger partial charge in [-0.3, -0.25) is 4.79 Å². The number of hydrogen-bond donors (Lipinski definition) is 2. The summed E-state index contributed by atoms with van der Waals surface area (Å²) in [6.45, 7) is 0. The van der Waals surface area contributed by atoms with Gasteiger partial charge in [-0.25, -0.2) is 0 Å². The van der Waals surface area contributed by atoms with Gasteiger partial charge in [0.25, 0.3) is 0 Å². The molecule has 0 aromatic rings. The molecule has 0 saturated heterocycles. The number of nitrogens with two attached hydrogens (primary N) is 1. The molecule has 1 aliphatic carbocycles. The minimum atomic E-state index is -0.341. The largest absolute Gasteiger partial charge is 0.392 e. The first kappa shape index (κ1) is 10.0. The molecule has 3 nitrogen and oxygen atoms in total. The van der Waals surface area contributed by atoms with Gasteiger partial charge < -0.3 is 10.8 Å². The molecule has 1 radical (unpaired) electrons. The topological polar surface area (TPSA) is 63.3 Å². The van der Waals surface area contributed by atoms with Crippen molar-refractivity contribution < 1.29 is 9.90 Å². The van der Waals surface area contributed by atoms with E-state index in [0.29, 0.717) is 12.2 Å². The summed E-state index contributed by atoms with van der Waals surface area (Å²) in [7, 11) is 0. The molecule has 0 aliphatic heterocycles. The van der Waals surface area contributed by atoms with Crippen LogP contribution in [-0.2, 0) is 4.79 Å². The molecule has 0 amide bonds. The van der Waals surface area contributed by atoms with E-state index in [-0.39, 0.29) is 17.4 Å². The number of carbonyl (C=O) groups excluding carboxylic acids is 1. The van der Waals surface area contributed by atoms with Crippen molar-refractivity contribution in [1.82, 2.24) is 0 Å². The maximum atomic E-state index is 9.97. The summed E-state index contributed by atoms with van der Waals surface area (Å²) in [6.07, 6.45) is 4.00. The van der Waals surface area contributed by atoms with Crippen LogP contribution in [0.1, 0.15) is 19.3 Å². The van der Waals surface area contributed by atoms with Gasteiger partial charge in [-0.05, 0) is 19.3 Å². The van der Waals surface area contributed by atoms with Crippen LogP contribution < -0.4 is 5.73 Å². The zero-order valence-electron chi connectivity index (χ0n) is 6.90. The Morgan fingerprint density at radius 2 is 2.33 bits per heavy atom. The van der Waals surface area contributed by atoms with Crippen molar-refractivity contribution in [1.29, 1.82) is 0 Å². The van der Waals surface area contributed by atoms with Gasteiger partial charge in [0.2, 0.25) is 6.29 Å². The highest BCUT2D eigenvalue weighted by Crippen LogP contribution is 2.27. The van der Waals surface area contributed by atoms with Crippen LogP contribution in [0, 0.1) is 0 Å². The van der Waals surface area contributed by atoms with Gasteiger partial charge in [0.1, 0.15) is 0 Å². The molecule has 1 fully saturated rings. The molecule has 0 heterocycles. The Kier molecular flexibility index (Phi) is 4.05. The highest BCUT2D eigenvalue weighted by Gasteiger charge is 2.27. The molecule has 0 spiro atoms. The van der Waals surface area contributed by atoms with Crippen molar-refractivity contribution >= 4 is 18.0 Å². The van der Waals surface area contributed by atoms with Gasteiger partial charge in [-0.1, -0.05) is 0 Å². The Balaban J connectivity index is 2.29. The fourth-order valence-corrected chi connectivity index (χ4v) is 2.40. The van der Waals surface area contributed by atoms with Crippen molar-refractivity contribution in [3.05, 3.63) is 0 Å². The van der Waals surface area contributed by atoms with E-state index in [1.807, 2.05) is 6.29 Å². The normalized spacial score (nSPS) is 36.3. The Labute approximate surface area is 76.7 Å². The van der Waals surface area contributed by atoms with Crippen molar-refractivity contribution in [2.75, 3.05) is 5.75 Å². The standard InChI is InChI=1S/C8H14NO2S/c9-6-1-2-8(7(11)5-6)12-4-3-10/h6-8,11H,1-2,4-5,9H2. The van der Waals surface area contributed by atoms with Crippen molar-refractivity contribution in [2.45, 2.75) is 36.7 Å². The van der Waals surface area contributed by atoms with E-state index in [1.54, 1.807) is 0 Å². The molecule has 12 heavy (non-hydrogen) atoms. The molecule has 4 heteroatoms. The number of hydrogen-bond acceptors (Lipinski definition) is 4. The molecular weight excluding hydrogens is 174 g/mol. The van der Waals surface area contributed by atoms with Crippen molar-refractivity contribution in [3.8, 4) is 0 Å². The Morgan fingerprint density at radius 3 is 2.92 bits per heavy atom. The van der Waals surface area contributed by atoms with Crippen LogP contribution in [0.3, 0.4) is 0 Å². The number of aliphatic hydroxyl groups excluding tert-OH is 1. The second kappa shape index (κ2) is 4.84. The lowest BCUT2D eigenvalue weighted by Gasteiger charge is -2.30. The third-order valence-corrected chi connectivity index (χ3v) is 3.41. The summed E-state index contributed by atoms with van der Waals surface area (Å²) in [5.41, 5.74) is 5.67. The predicted octanol–water partition coefficient (Wildman–Crippen LogP) is 0.0700. The molecule has 0 bridgehead atoms. The van der Waals surface area contributed by atoms with E-state index < -0.39 is 0 Å². The predicted molar refractivity (Wildman–Crippen MR) is 49.8 cm³/mol. The molecule has 69 valence electrons. The third-order valence-electron chi connectivity index (χ3n) is 2.15. The van der Waals surface area contributed by atoms with E-state index >= 15 is 0 Å². The van der Waals surface area contributed by atoms with E-state index in [9.17, 15) is 9.90 Å². The van der Waals surface area contributed by atoms with Crippen LogP contribution in [-0.4, -0.2) is 34.5 Å². The molecule has 3 unspecified atom stereocenters. The summed E-state index contributed by atoms with van der Waals surface area (Å²) in [4.78, 5) is 9.97. The average Bonchev–Trinajstić information content (AvgIpc) is 2.03. The quantitative estimate of drug-likeness (QED) is 0.658. The second-order valence-electron chi connectivity index (χ2n) is 3.13. The summed E-state index contributed by atoms with van der Waals surface area (Å²) in [5.74, 6) is 0.358. The molecule has 0 aromatic heterocycles. The molecule has 1 saturated carbocycles. The highest BCUT2D eigenvalue weighted by atomic mass is 32.2. The Bertz CT molecular complexity index is 154. The summed E-state index contributed by atoms with van der Waals surface area (Å²) < 4.78 is 0. The smallest absolute Gasteiger partial charge is 0.209 e. The maximum absolute atomic E-state index is 9.97. The van der Waals surface area contributed by atoms with Gasteiger partial charge >= 0.3 is 0 Å². The van der Waals surface area contributed by atoms with Gasteiger partial charge in [0.05, 0.1) is 11.9 Å². The molecule has 1 aliphatic rings. The van der Waals surface area contributed by atoms with Crippen LogP contribution >= 0.6 is 11.8 Å². The summed E-state index contributed by atoms with van der Waals surface area (Å²) in [5, 5.41) is 9.72. The fourth-order valence-electron chi connectivity index (χ4n) is 1.49. The minimum Gasteiger partial charge on any atom is -0.392 e. The lowest BCUT2D eigenvalue weighted by Crippen LogP contribution is -2.38. The number of aliphatic hydroxyl groups is 1. The highest BCUT2D eigenvalue weighted by molar-refractivity contribution is 8.00. The van der Waals surface area contributed by atoms with Crippen molar-refractivity contribution in [3.63, 3.8) is 0 Å². The summed E-state index contributed by atoms with van der Waals surface area (Å²) >= 11 is 1.48. The molecular formula is C8H14NO2S. The second-order valence-corrected chi connectivity index (χ2v) is 4.36. The first-order valence-corrected chi connectivity index (χ1v) is 5.19. The van der Waals surface area contributed by atoms with Crippen LogP contribution in [0.15, 0.2) is 0 Å².